The highest BCUT2D eigenvalue weighted by molar-refractivity contribution is 5.84. The lowest BCUT2D eigenvalue weighted by atomic mass is 10.0. The molecule has 9 nitrogen and oxygen atoms in total. The second-order valence-electron chi connectivity index (χ2n) is 12.6. The molecule has 2 fully saturated rings. The molecule has 2 heterocycles. The van der Waals surface area contributed by atoms with Crippen LogP contribution >= 0.6 is 0 Å². The molecule has 3 rings (SSSR count). The molecule has 1 aromatic carbocycles. The molecular formula is C33H57N5O4. The normalized spacial score (nSPS) is 21.2. The molecule has 0 spiro atoms. The molecule has 0 radical (unpaired) electrons. The average molecular weight is 588 g/mol. The van der Waals surface area contributed by atoms with Crippen molar-refractivity contribution in [2.24, 2.45) is 5.92 Å². The van der Waals surface area contributed by atoms with E-state index < -0.39 is 0 Å². The fourth-order valence-electron chi connectivity index (χ4n) is 6.29. The summed E-state index contributed by atoms with van der Waals surface area (Å²) < 4.78 is 12.5. The minimum Gasteiger partial charge on any atom is -0.380 e. The summed E-state index contributed by atoms with van der Waals surface area (Å²) in [5, 5.41) is 3.29. The number of benzene rings is 1. The molecule has 0 saturated carbocycles. The lowest BCUT2D eigenvalue weighted by Crippen LogP contribution is -2.51. The number of likely N-dealkylation sites (tertiary alicyclic amines) is 2. The molecule has 1 N–H and O–H groups in total. The molecule has 2 aliphatic heterocycles. The van der Waals surface area contributed by atoms with Gasteiger partial charge in [0.05, 0.1) is 30.7 Å². The maximum absolute atomic E-state index is 12.0. The van der Waals surface area contributed by atoms with E-state index in [1.54, 1.807) is 4.90 Å². The summed E-state index contributed by atoms with van der Waals surface area (Å²) in [5.74, 6) is 0.501. The molecule has 0 bridgehead atoms. The van der Waals surface area contributed by atoms with Crippen LogP contribution in [0.1, 0.15) is 64.4 Å². The molecule has 42 heavy (non-hydrogen) atoms. The predicted octanol–water partition coefficient (Wildman–Crippen LogP) is 3.79. The van der Waals surface area contributed by atoms with E-state index in [0.29, 0.717) is 30.8 Å². The Morgan fingerprint density at radius 3 is 2.50 bits per heavy atom. The zero-order chi connectivity index (χ0) is 30.5. The van der Waals surface area contributed by atoms with Crippen LogP contribution in [-0.2, 0) is 25.6 Å². The number of carbonyl (C=O) groups excluding carboxylic acids is 2. The Bertz CT molecular complexity index is 941. The highest BCUT2D eigenvalue weighted by atomic mass is 16.5. The number of rotatable bonds is 21. The maximum atomic E-state index is 12.0. The van der Waals surface area contributed by atoms with Crippen LogP contribution in [0.2, 0.25) is 0 Å². The summed E-state index contributed by atoms with van der Waals surface area (Å²) in [5.41, 5.74) is 3.10. The summed E-state index contributed by atoms with van der Waals surface area (Å²) in [6.45, 7) is 10.4. The highest BCUT2D eigenvalue weighted by Crippen LogP contribution is 2.32. The third kappa shape index (κ3) is 10.0. The van der Waals surface area contributed by atoms with Gasteiger partial charge in [-0.3, -0.25) is 14.6 Å². The van der Waals surface area contributed by atoms with E-state index in [1.165, 1.54) is 24.8 Å². The van der Waals surface area contributed by atoms with Gasteiger partial charge in [0.2, 0.25) is 6.41 Å². The second-order valence-corrected chi connectivity index (χ2v) is 12.6. The van der Waals surface area contributed by atoms with Crippen LogP contribution < -0.4 is 15.1 Å². The number of likely N-dealkylation sites (N-methyl/N-ethyl adjacent to an activating group) is 1. The number of carbonyl (C=O) groups is 2. The van der Waals surface area contributed by atoms with Crippen LogP contribution in [0.3, 0.4) is 0 Å². The van der Waals surface area contributed by atoms with E-state index in [0.717, 1.165) is 82.9 Å². The van der Waals surface area contributed by atoms with Crippen molar-refractivity contribution in [2.75, 3.05) is 77.4 Å². The first-order valence-electron chi connectivity index (χ1n) is 16.1. The fraction of sp³-hybridized carbons (Fsp3) is 0.758. The number of hydrogen-bond acceptors (Lipinski definition) is 8. The number of hydrogen-bond donors (Lipinski definition) is 1. The van der Waals surface area contributed by atoms with Crippen LogP contribution in [0.15, 0.2) is 18.2 Å². The van der Waals surface area contributed by atoms with Crippen molar-refractivity contribution in [1.29, 1.82) is 0 Å². The number of amides is 1. The molecule has 4 unspecified atom stereocenters. The summed E-state index contributed by atoms with van der Waals surface area (Å²) in [6, 6.07) is 7.55. The molecule has 0 aliphatic carbocycles. The Balaban J connectivity index is 1.43. The lowest BCUT2D eigenvalue weighted by molar-refractivity contribution is -0.109. The van der Waals surface area contributed by atoms with E-state index in [4.69, 9.17) is 9.47 Å². The fourth-order valence-corrected chi connectivity index (χ4v) is 6.29. The number of aldehydes is 1. The molecule has 9 heteroatoms. The van der Waals surface area contributed by atoms with Crippen molar-refractivity contribution >= 4 is 24.1 Å². The van der Waals surface area contributed by atoms with Gasteiger partial charge in [-0.2, -0.15) is 0 Å². The first-order valence-corrected chi connectivity index (χ1v) is 16.1. The van der Waals surface area contributed by atoms with Gasteiger partial charge in [0, 0.05) is 64.9 Å². The minimum absolute atomic E-state index is 0.0448. The molecule has 0 aromatic heterocycles. The van der Waals surface area contributed by atoms with Crippen molar-refractivity contribution < 1.29 is 19.1 Å². The van der Waals surface area contributed by atoms with Crippen LogP contribution in [-0.4, -0.2) is 114 Å². The van der Waals surface area contributed by atoms with Gasteiger partial charge in [0.25, 0.3) is 0 Å². The van der Waals surface area contributed by atoms with Crippen LogP contribution in [0, 0.1) is 5.92 Å². The standard InChI is InChI=1S/C33H57N5O4/c1-7-29-11-12-30(36(29)6)24-41-18-15-27(14-16-34-3)23-42-31-21-37(22-31)20-28-10-13-32(33(19-28)35(4)5)38(25-40)26(2)9-8-17-39/h10,13,17,19,25-27,29-31,34H,7-9,11-12,14-16,18,20-24H2,1-6H3. The number of nitrogens with zero attached hydrogens (tertiary/aromatic N) is 4. The third-order valence-corrected chi connectivity index (χ3v) is 9.23. The first-order chi connectivity index (χ1) is 20.3. The van der Waals surface area contributed by atoms with E-state index >= 15 is 0 Å². The predicted molar refractivity (Wildman–Crippen MR) is 171 cm³/mol. The minimum atomic E-state index is -0.0448. The largest absolute Gasteiger partial charge is 0.380 e. The van der Waals surface area contributed by atoms with Gasteiger partial charge in [0.15, 0.2) is 0 Å². The smallest absolute Gasteiger partial charge is 0.214 e. The summed E-state index contributed by atoms with van der Waals surface area (Å²) in [6.07, 6.45) is 9.06. The Hall–Kier alpha value is -2.04. The number of anilines is 2. The van der Waals surface area contributed by atoms with Crippen LogP contribution in [0.25, 0.3) is 0 Å². The molecule has 238 valence electrons. The molecule has 1 amide bonds. The Labute approximate surface area is 254 Å². The van der Waals surface area contributed by atoms with E-state index in [-0.39, 0.29) is 12.1 Å². The summed E-state index contributed by atoms with van der Waals surface area (Å²) >= 11 is 0. The summed E-state index contributed by atoms with van der Waals surface area (Å²) in [7, 11) is 8.26. The second kappa shape index (κ2) is 17.9. The van der Waals surface area contributed by atoms with Crippen molar-refractivity contribution in [2.45, 2.75) is 89.6 Å². The highest BCUT2D eigenvalue weighted by Gasteiger charge is 2.30. The zero-order valence-electron chi connectivity index (χ0n) is 27.1. The van der Waals surface area contributed by atoms with Crippen molar-refractivity contribution in [1.82, 2.24) is 15.1 Å². The van der Waals surface area contributed by atoms with E-state index in [9.17, 15) is 9.59 Å². The van der Waals surface area contributed by atoms with Crippen molar-refractivity contribution in [3.8, 4) is 0 Å². The molecule has 1 aromatic rings. The Morgan fingerprint density at radius 1 is 1.10 bits per heavy atom. The molecule has 2 saturated heterocycles. The SMILES string of the molecule is CCC1CCC(COCCC(CCNC)COC2CN(Cc3ccc(N(C=O)C(C)CCC=O)c(N(C)C)c3)C2)N1C. The van der Waals surface area contributed by atoms with Gasteiger partial charge < -0.3 is 29.4 Å². The van der Waals surface area contributed by atoms with Gasteiger partial charge in [-0.25, -0.2) is 0 Å². The molecular weight excluding hydrogens is 530 g/mol. The van der Waals surface area contributed by atoms with Crippen LogP contribution in [0.5, 0.6) is 0 Å². The van der Waals surface area contributed by atoms with E-state index in [1.807, 2.05) is 39.0 Å². The lowest BCUT2D eigenvalue weighted by Gasteiger charge is -2.40. The Kier molecular flexibility index (Phi) is 14.7. The molecule has 4 atom stereocenters. The van der Waals surface area contributed by atoms with Gasteiger partial charge in [-0.1, -0.05) is 13.0 Å². The van der Waals surface area contributed by atoms with Crippen molar-refractivity contribution in [3.05, 3.63) is 23.8 Å². The Morgan fingerprint density at radius 2 is 1.86 bits per heavy atom. The quantitative estimate of drug-likeness (QED) is 0.172. The third-order valence-electron chi connectivity index (χ3n) is 9.23. The van der Waals surface area contributed by atoms with E-state index in [2.05, 4.69) is 41.2 Å². The summed E-state index contributed by atoms with van der Waals surface area (Å²) in [4.78, 5) is 31.5. The topological polar surface area (TPSA) is 77.6 Å². The average Bonchev–Trinajstić information content (AvgIpc) is 3.32. The zero-order valence-corrected chi connectivity index (χ0v) is 27.1. The maximum Gasteiger partial charge on any atom is 0.214 e. The monoisotopic (exact) mass is 587 g/mol. The van der Waals surface area contributed by atoms with Gasteiger partial charge in [-0.15, -0.1) is 0 Å². The number of nitrogens with one attached hydrogen (secondary N) is 1. The van der Waals surface area contributed by atoms with Gasteiger partial charge in [-0.05, 0) is 89.7 Å². The van der Waals surface area contributed by atoms with Crippen LogP contribution in [0.4, 0.5) is 11.4 Å². The van der Waals surface area contributed by atoms with Gasteiger partial charge in [0.1, 0.15) is 6.29 Å². The van der Waals surface area contributed by atoms with Gasteiger partial charge >= 0.3 is 0 Å². The first kappa shape index (κ1) is 34.5. The van der Waals surface area contributed by atoms with Crippen molar-refractivity contribution in [3.63, 3.8) is 0 Å². The number of ether oxygens (including phenoxy) is 2. The molecule has 2 aliphatic rings.